The predicted octanol–water partition coefficient (Wildman–Crippen LogP) is 6.00. The molecule has 1 saturated heterocycles. The van der Waals surface area contributed by atoms with Crippen LogP contribution in [0.25, 0.3) is 6.08 Å². The molecule has 0 unspecified atom stereocenters. The Balaban J connectivity index is 1.49. The summed E-state index contributed by atoms with van der Waals surface area (Å²) in [5.41, 5.74) is 1.25. The fourth-order valence-corrected chi connectivity index (χ4v) is 4.90. The van der Waals surface area contributed by atoms with Gasteiger partial charge in [-0.05, 0) is 81.3 Å². The second-order valence-electron chi connectivity index (χ2n) is 7.94. The van der Waals surface area contributed by atoms with Gasteiger partial charge < -0.3 is 9.47 Å². The zero-order chi connectivity index (χ0) is 27.4. The Kier molecular flexibility index (Phi) is 8.23. The summed E-state index contributed by atoms with van der Waals surface area (Å²) in [6.45, 7) is -0.334. The SMILES string of the molecule is COc1cc(/C=C2/SC(=O)N(CC(=O)c3ccc([N+](=O)[O-])cc3)C2=O)cc(Br)c1OCc1ccc(F)cc1. The normalized spacial score (nSPS) is 14.2. The van der Waals surface area contributed by atoms with Crippen molar-refractivity contribution in [1.82, 2.24) is 4.90 Å². The topological polar surface area (TPSA) is 116 Å². The number of ether oxygens (including phenoxy) is 2. The lowest BCUT2D eigenvalue weighted by Crippen LogP contribution is -2.33. The van der Waals surface area contributed by atoms with Crippen molar-refractivity contribution < 1.29 is 33.2 Å². The maximum atomic E-state index is 13.1. The molecule has 3 aromatic rings. The number of non-ortho nitro benzene ring substituents is 1. The van der Waals surface area contributed by atoms with Crippen molar-refractivity contribution in [3.05, 3.63) is 103 Å². The van der Waals surface area contributed by atoms with Crippen LogP contribution in [0.4, 0.5) is 14.9 Å². The lowest BCUT2D eigenvalue weighted by molar-refractivity contribution is -0.384. The van der Waals surface area contributed by atoms with Gasteiger partial charge >= 0.3 is 0 Å². The zero-order valence-corrected chi connectivity index (χ0v) is 22.1. The number of imide groups is 1. The van der Waals surface area contributed by atoms with Gasteiger partial charge in [-0.25, -0.2) is 4.39 Å². The summed E-state index contributed by atoms with van der Waals surface area (Å²) in [7, 11) is 1.45. The van der Waals surface area contributed by atoms with Gasteiger partial charge in [0.2, 0.25) is 0 Å². The minimum atomic E-state index is -0.637. The molecule has 1 fully saturated rings. The number of carbonyl (C=O) groups is 3. The summed E-state index contributed by atoms with van der Waals surface area (Å²) < 4.78 is 24.9. The summed E-state index contributed by atoms with van der Waals surface area (Å²) in [4.78, 5) is 49.1. The van der Waals surface area contributed by atoms with Gasteiger partial charge in [0.25, 0.3) is 16.8 Å². The highest BCUT2D eigenvalue weighted by atomic mass is 79.9. The van der Waals surface area contributed by atoms with E-state index in [0.717, 1.165) is 10.5 Å². The van der Waals surface area contributed by atoms with Gasteiger partial charge in [-0.3, -0.25) is 29.4 Å². The number of rotatable bonds is 9. The number of methoxy groups -OCH3 is 1. The Bertz CT molecular complexity index is 1460. The number of hydrogen-bond acceptors (Lipinski definition) is 8. The molecule has 4 rings (SSSR count). The number of halogens is 2. The van der Waals surface area contributed by atoms with Crippen molar-refractivity contribution in [2.45, 2.75) is 6.61 Å². The standard InChI is InChI=1S/C26H18BrFN2O7S/c1-36-22-11-16(10-20(27)24(22)37-14-15-2-6-18(28)7-3-15)12-23-25(32)29(26(33)38-23)13-21(31)17-4-8-19(9-5-17)30(34)35/h2-12H,13-14H2,1H3/b23-12+. The molecule has 1 aliphatic rings. The van der Waals surface area contributed by atoms with Crippen molar-refractivity contribution in [1.29, 1.82) is 0 Å². The molecule has 194 valence electrons. The maximum absolute atomic E-state index is 13.1. The van der Waals surface area contributed by atoms with E-state index in [2.05, 4.69) is 15.9 Å². The second-order valence-corrected chi connectivity index (χ2v) is 9.79. The van der Waals surface area contributed by atoms with E-state index < -0.39 is 28.4 Å². The summed E-state index contributed by atoms with van der Waals surface area (Å²) in [5.74, 6) is -0.759. The molecular weight excluding hydrogens is 583 g/mol. The molecule has 0 bridgehead atoms. The number of Topliss-reactive ketones (excluding diaryl/α,β-unsaturated/α-hetero) is 1. The van der Waals surface area contributed by atoms with Crippen LogP contribution in [0.2, 0.25) is 0 Å². The molecule has 0 aliphatic carbocycles. The third-order valence-electron chi connectivity index (χ3n) is 5.42. The maximum Gasteiger partial charge on any atom is 0.293 e. The molecule has 0 saturated carbocycles. The highest BCUT2D eigenvalue weighted by molar-refractivity contribution is 9.10. The van der Waals surface area contributed by atoms with Crippen molar-refractivity contribution >= 4 is 56.4 Å². The number of ketones is 1. The zero-order valence-electron chi connectivity index (χ0n) is 19.7. The molecule has 0 atom stereocenters. The Labute approximate surface area is 228 Å². The van der Waals surface area contributed by atoms with Crippen molar-refractivity contribution in [3.63, 3.8) is 0 Å². The smallest absolute Gasteiger partial charge is 0.293 e. The minimum absolute atomic E-state index is 0.112. The molecule has 12 heteroatoms. The third-order valence-corrected chi connectivity index (χ3v) is 6.92. The van der Waals surface area contributed by atoms with Gasteiger partial charge in [0, 0.05) is 17.7 Å². The fourth-order valence-electron chi connectivity index (χ4n) is 3.49. The average molecular weight is 601 g/mol. The molecule has 38 heavy (non-hydrogen) atoms. The van der Waals surface area contributed by atoms with E-state index in [1.54, 1.807) is 24.3 Å². The van der Waals surface area contributed by atoms with Crippen LogP contribution < -0.4 is 9.47 Å². The van der Waals surface area contributed by atoms with Crippen LogP contribution in [0.5, 0.6) is 11.5 Å². The molecule has 2 amide bonds. The monoisotopic (exact) mass is 600 g/mol. The van der Waals surface area contributed by atoms with Gasteiger partial charge in [-0.2, -0.15) is 0 Å². The van der Waals surface area contributed by atoms with Crippen molar-refractivity contribution in [2.75, 3.05) is 13.7 Å². The van der Waals surface area contributed by atoms with Crippen LogP contribution in [0.1, 0.15) is 21.5 Å². The van der Waals surface area contributed by atoms with E-state index in [4.69, 9.17) is 9.47 Å². The second kappa shape index (κ2) is 11.6. The van der Waals surface area contributed by atoms with Gasteiger partial charge in [0.1, 0.15) is 12.4 Å². The van der Waals surface area contributed by atoms with E-state index in [1.165, 1.54) is 49.6 Å². The van der Waals surface area contributed by atoms with Gasteiger partial charge in [0.05, 0.1) is 28.0 Å². The van der Waals surface area contributed by atoms with Crippen LogP contribution in [-0.2, 0) is 11.4 Å². The van der Waals surface area contributed by atoms with Gasteiger partial charge in [-0.15, -0.1) is 0 Å². The molecule has 1 aliphatic heterocycles. The predicted molar refractivity (Wildman–Crippen MR) is 142 cm³/mol. The lowest BCUT2D eigenvalue weighted by Gasteiger charge is -2.14. The molecule has 0 aromatic heterocycles. The number of nitrogens with zero attached hydrogens (tertiary/aromatic N) is 2. The van der Waals surface area contributed by atoms with E-state index >= 15 is 0 Å². The third kappa shape index (κ3) is 6.09. The first-order valence-corrected chi connectivity index (χ1v) is 12.5. The minimum Gasteiger partial charge on any atom is -0.493 e. The summed E-state index contributed by atoms with van der Waals surface area (Å²) in [5, 5.41) is 10.2. The van der Waals surface area contributed by atoms with Gasteiger partial charge in [-0.1, -0.05) is 12.1 Å². The van der Waals surface area contributed by atoms with Crippen LogP contribution in [-0.4, -0.2) is 40.4 Å². The first-order valence-electron chi connectivity index (χ1n) is 10.9. The summed E-state index contributed by atoms with van der Waals surface area (Å²) >= 11 is 4.13. The van der Waals surface area contributed by atoms with E-state index in [-0.39, 0.29) is 28.6 Å². The fraction of sp³-hybridized carbons (Fsp3) is 0.115. The van der Waals surface area contributed by atoms with Crippen LogP contribution in [0, 0.1) is 15.9 Å². The molecule has 0 spiro atoms. The number of carbonyl (C=O) groups excluding carboxylic acids is 3. The molecule has 1 heterocycles. The Morgan fingerprint density at radius 3 is 2.45 bits per heavy atom. The number of thioether (sulfide) groups is 1. The Morgan fingerprint density at radius 2 is 1.82 bits per heavy atom. The molecule has 3 aromatic carbocycles. The van der Waals surface area contributed by atoms with E-state index in [0.29, 0.717) is 33.3 Å². The largest absolute Gasteiger partial charge is 0.493 e. The first kappa shape index (κ1) is 27.0. The summed E-state index contributed by atoms with van der Waals surface area (Å²) in [6.07, 6.45) is 1.50. The van der Waals surface area contributed by atoms with Gasteiger partial charge in [0.15, 0.2) is 17.3 Å². The van der Waals surface area contributed by atoms with Crippen LogP contribution in [0.3, 0.4) is 0 Å². The number of nitro groups is 1. The van der Waals surface area contributed by atoms with E-state index in [1.807, 2.05) is 0 Å². The average Bonchev–Trinajstić information content (AvgIpc) is 3.15. The van der Waals surface area contributed by atoms with Crippen molar-refractivity contribution in [2.24, 2.45) is 0 Å². The first-order chi connectivity index (χ1) is 18.2. The highest BCUT2D eigenvalue weighted by Crippen LogP contribution is 2.39. The Hall–Kier alpha value is -4.03. The molecule has 9 nitrogen and oxygen atoms in total. The Morgan fingerprint density at radius 1 is 1.13 bits per heavy atom. The number of benzene rings is 3. The number of hydrogen-bond donors (Lipinski definition) is 0. The molecular formula is C26H18BrFN2O7S. The van der Waals surface area contributed by atoms with E-state index in [9.17, 15) is 28.9 Å². The highest BCUT2D eigenvalue weighted by Gasteiger charge is 2.36. The quantitative estimate of drug-likeness (QED) is 0.127. The van der Waals surface area contributed by atoms with Crippen LogP contribution in [0.15, 0.2) is 70.0 Å². The molecule has 0 N–H and O–H groups in total. The number of amides is 2. The summed E-state index contributed by atoms with van der Waals surface area (Å²) in [6, 6.07) is 14.1. The number of nitro benzene ring substituents is 1. The lowest BCUT2D eigenvalue weighted by atomic mass is 10.1. The molecule has 0 radical (unpaired) electrons. The van der Waals surface area contributed by atoms with Crippen LogP contribution >= 0.6 is 27.7 Å². The van der Waals surface area contributed by atoms with Crippen molar-refractivity contribution in [3.8, 4) is 11.5 Å².